The van der Waals surface area contributed by atoms with Gasteiger partial charge < -0.3 is 48.0 Å². The van der Waals surface area contributed by atoms with Crippen molar-refractivity contribution in [2.45, 2.75) is 50.3 Å². The number of methoxy groups -OCH3 is 3. The number of hydrogen-bond acceptors (Lipinski definition) is 13. The largest absolute Gasteiger partial charge is 0.496 e. The molecule has 4 unspecified atom stereocenters. The number of fused-ring (bicyclic) bond motifs is 1. The Labute approximate surface area is 320 Å². The Hall–Kier alpha value is -4.99. The highest BCUT2D eigenvalue weighted by Crippen LogP contribution is 2.33. The van der Waals surface area contributed by atoms with Crippen LogP contribution in [0.2, 0.25) is 0 Å². The third-order valence-corrected chi connectivity index (χ3v) is 9.13. The molecule has 1 aliphatic rings. The van der Waals surface area contributed by atoms with Crippen molar-refractivity contribution < 1.29 is 52.6 Å². The number of carbonyl (C=O) groups is 1. The highest BCUT2D eigenvalue weighted by atomic mass is 16.9. The number of benzene rings is 4. The molecule has 1 fully saturated rings. The summed E-state index contributed by atoms with van der Waals surface area (Å²) in [6.07, 6.45) is -0.963. The van der Waals surface area contributed by atoms with Crippen molar-refractivity contribution in [1.82, 2.24) is 5.32 Å². The predicted molar refractivity (Wildman–Crippen MR) is 203 cm³/mol. The third kappa shape index (κ3) is 12.5. The van der Waals surface area contributed by atoms with Crippen LogP contribution < -0.4 is 19.5 Å². The van der Waals surface area contributed by atoms with Crippen LogP contribution in [0.25, 0.3) is 10.8 Å². The van der Waals surface area contributed by atoms with Crippen molar-refractivity contribution in [3.63, 3.8) is 0 Å². The standard InChI is InChI=1S/C41H50N2O12/c1-47-27-34(55-40(44)17-20-54-43(45)46)28-53-39-24-42-23-38(52-25-29-21-31-9-4-6-11-35(31)37(22-29)49-3)41(39)30-13-15-33(16-14-30)51-19-8-18-50-26-32-10-5-7-12-36(32)48-2/h4-7,9-16,21-22,34,38-39,41-42H,8,17-20,23-28H2,1-3H3. The first-order chi connectivity index (χ1) is 26.9. The van der Waals surface area contributed by atoms with E-state index in [4.69, 9.17) is 37.9 Å². The van der Waals surface area contributed by atoms with Gasteiger partial charge in [0.1, 0.15) is 30.0 Å². The molecule has 0 radical (unpaired) electrons. The quantitative estimate of drug-likeness (QED) is 0.0428. The zero-order valence-corrected chi connectivity index (χ0v) is 31.5. The molecule has 1 N–H and O–H groups in total. The topological polar surface area (TPSA) is 155 Å². The van der Waals surface area contributed by atoms with Crippen LogP contribution in [0.1, 0.15) is 35.4 Å². The van der Waals surface area contributed by atoms with Crippen LogP contribution in [-0.4, -0.2) is 96.8 Å². The normalized spacial score (nSPS) is 17.3. The van der Waals surface area contributed by atoms with Crippen LogP contribution in [0.15, 0.2) is 84.9 Å². The van der Waals surface area contributed by atoms with Crippen molar-refractivity contribution in [1.29, 1.82) is 0 Å². The Balaban J connectivity index is 1.24. The van der Waals surface area contributed by atoms with Crippen LogP contribution in [0.5, 0.6) is 17.2 Å². The van der Waals surface area contributed by atoms with Crippen LogP contribution in [-0.2, 0) is 46.5 Å². The molecule has 0 aliphatic carbocycles. The lowest BCUT2D eigenvalue weighted by atomic mass is 9.85. The van der Waals surface area contributed by atoms with Crippen LogP contribution >= 0.6 is 0 Å². The Bertz CT molecular complexity index is 1790. The maximum Gasteiger partial charge on any atom is 0.308 e. The Morgan fingerprint density at radius 1 is 0.836 bits per heavy atom. The van der Waals surface area contributed by atoms with Gasteiger partial charge in [0, 0.05) is 43.5 Å². The van der Waals surface area contributed by atoms with E-state index in [-0.39, 0.29) is 37.8 Å². The maximum absolute atomic E-state index is 12.4. The van der Waals surface area contributed by atoms with Gasteiger partial charge >= 0.3 is 5.97 Å². The number of rotatable bonds is 23. The molecule has 296 valence electrons. The summed E-state index contributed by atoms with van der Waals surface area (Å²) in [6, 6.07) is 27.9. The maximum atomic E-state index is 12.4. The lowest BCUT2D eigenvalue weighted by molar-refractivity contribution is -0.757. The number of ether oxygens (including phenoxy) is 8. The molecular formula is C41H50N2O12. The molecule has 0 bridgehead atoms. The molecule has 0 spiro atoms. The van der Waals surface area contributed by atoms with Gasteiger partial charge in [-0.25, -0.2) is 0 Å². The van der Waals surface area contributed by atoms with Crippen LogP contribution in [0, 0.1) is 10.1 Å². The summed E-state index contributed by atoms with van der Waals surface area (Å²) in [5.41, 5.74) is 2.97. The zero-order valence-electron chi connectivity index (χ0n) is 31.5. The van der Waals surface area contributed by atoms with Gasteiger partial charge in [-0.3, -0.25) is 4.79 Å². The van der Waals surface area contributed by atoms with E-state index >= 15 is 0 Å². The smallest absolute Gasteiger partial charge is 0.308 e. The molecule has 4 atom stereocenters. The molecule has 0 aromatic heterocycles. The second kappa shape index (κ2) is 21.8. The molecule has 0 amide bonds. The lowest BCUT2D eigenvalue weighted by Crippen LogP contribution is -2.51. The summed E-state index contributed by atoms with van der Waals surface area (Å²) in [7, 11) is 4.80. The molecule has 55 heavy (non-hydrogen) atoms. The predicted octanol–water partition coefficient (Wildman–Crippen LogP) is 5.66. The zero-order chi connectivity index (χ0) is 38.8. The number of esters is 1. The van der Waals surface area contributed by atoms with Crippen molar-refractivity contribution in [3.8, 4) is 17.2 Å². The number of nitrogens with one attached hydrogen (secondary N) is 1. The van der Waals surface area contributed by atoms with Crippen LogP contribution in [0.4, 0.5) is 0 Å². The molecule has 1 heterocycles. The van der Waals surface area contributed by atoms with Gasteiger partial charge in [-0.05, 0) is 46.8 Å². The number of carbonyl (C=O) groups excluding carboxylic acids is 1. The first-order valence-electron chi connectivity index (χ1n) is 18.3. The summed E-state index contributed by atoms with van der Waals surface area (Å²) in [6.45, 7) is 2.64. The van der Waals surface area contributed by atoms with E-state index < -0.39 is 23.8 Å². The first kappa shape index (κ1) is 41.2. The van der Waals surface area contributed by atoms with E-state index in [0.717, 1.165) is 44.7 Å². The summed E-state index contributed by atoms with van der Waals surface area (Å²) in [5, 5.41) is 15.1. The van der Waals surface area contributed by atoms with E-state index in [2.05, 4.69) is 16.2 Å². The van der Waals surface area contributed by atoms with Crippen LogP contribution in [0.3, 0.4) is 0 Å². The minimum Gasteiger partial charge on any atom is -0.496 e. The van der Waals surface area contributed by atoms with Crippen molar-refractivity contribution >= 4 is 16.7 Å². The number of piperidine rings is 1. The van der Waals surface area contributed by atoms with E-state index in [9.17, 15) is 14.9 Å². The summed E-state index contributed by atoms with van der Waals surface area (Å²) < 4.78 is 46.9. The van der Waals surface area contributed by atoms with Crippen molar-refractivity contribution in [2.75, 3.05) is 67.5 Å². The molecule has 1 aliphatic heterocycles. The number of nitrogens with zero attached hydrogens (tertiary/aromatic N) is 1. The molecule has 14 nitrogen and oxygen atoms in total. The van der Waals surface area contributed by atoms with E-state index in [0.29, 0.717) is 45.9 Å². The summed E-state index contributed by atoms with van der Waals surface area (Å²) in [5.74, 6) is 1.45. The molecule has 1 saturated heterocycles. The van der Waals surface area contributed by atoms with Crippen molar-refractivity contribution in [2.24, 2.45) is 0 Å². The molecular weight excluding hydrogens is 712 g/mol. The molecule has 0 saturated carbocycles. The second-order valence-electron chi connectivity index (χ2n) is 12.9. The molecule has 4 aromatic rings. The average molecular weight is 763 g/mol. The van der Waals surface area contributed by atoms with Gasteiger partial charge in [0.2, 0.25) is 0 Å². The van der Waals surface area contributed by atoms with E-state index in [1.165, 1.54) is 7.11 Å². The Morgan fingerprint density at radius 3 is 2.35 bits per heavy atom. The fourth-order valence-corrected chi connectivity index (χ4v) is 6.53. The highest BCUT2D eigenvalue weighted by Gasteiger charge is 2.37. The van der Waals surface area contributed by atoms with Gasteiger partial charge in [0.25, 0.3) is 5.09 Å². The minimum atomic E-state index is -0.950. The van der Waals surface area contributed by atoms with Gasteiger partial charge in [-0.15, -0.1) is 10.1 Å². The van der Waals surface area contributed by atoms with E-state index in [1.807, 2.05) is 78.9 Å². The molecule has 4 aromatic carbocycles. The van der Waals surface area contributed by atoms with Gasteiger partial charge in [0.15, 0.2) is 0 Å². The van der Waals surface area contributed by atoms with E-state index in [1.54, 1.807) is 14.2 Å². The van der Waals surface area contributed by atoms with Gasteiger partial charge in [0.05, 0.1) is 72.5 Å². The Morgan fingerprint density at radius 2 is 1.58 bits per heavy atom. The summed E-state index contributed by atoms with van der Waals surface area (Å²) in [4.78, 5) is 27.1. The number of para-hydroxylation sites is 1. The molecule has 14 heteroatoms. The average Bonchev–Trinajstić information content (AvgIpc) is 3.20. The fraction of sp³-hybridized carbons (Fsp3) is 0.439. The molecule has 5 rings (SSSR count). The summed E-state index contributed by atoms with van der Waals surface area (Å²) >= 11 is 0. The number of hydrogen-bond donors (Lipinski definition) is 1. The minimum absolute atomic E-state index is 0.0352. The van der Waals surface area contributed by atoms with Gasteiger partial charge in [-0.1, -0.05) is 54.6 Å². The first-order valence-corrected chi connectivity index (χ1v) is 18.3. The fourth-order valence-electron chi connectivity index (χ4n) is 6.53. The highest BCUT2D eigenvalue weighted by molar-refractivity contribution is 5.89. The third-order valence-electron chi connectivity index (χ3n) is 9.13. The Kier molecular flexibility index (Phi) is 16.3. The van der Waals surface area contributed by atoms with Gasteiger partial charge in [-0.2, -0.15) is 0 Å². The second-order valence-corrected chi connectivity index (χ2v) is 12.9. The lowest BCUT2D eigenvalue weighted by Gasteiger charge is -2.39. The van der Waals surface area contributed by atoms with Crippen molar-refractivity contribution in [3.05, 3.63) is 112 Å². The SMILES string of the molecule is COCC(COC1CNCC(OCc2cc(OC)c3ccccc3c2)C1c1ccc(OCCCOCc2ccccc2OC)cc1)OC(=O)CCO[N+](=O)[O-]. The monoisotopic (exact) mass is 762 g/mol.